The molecule has 0 aromatic heterocycles. The zero-order chi connectivity index (χ0) is 16.3. The number of carboxylic acid groups (broad SMARTS) is 1. The molecule has 0 saturated carbocycles. The minimum Gasteiger partial charge on any atom is -0.480 e. The predicted molar refractivity (Wildman–Crippen MR) is 83.9 cm³/mol. The van der Waals surface area contributed by atoms with Crippen LogP contribution in [0.15, 0.2) is 29.2 Å². The van der Waals surface area contributed by atoms with Gasteiger partial charge in [-0.05, 0) is 31.4 Å². The summed E-state index contributed by atoms with van der Waals surface area (Å²) in [6.45, 7) is 1.67. The van der Waals surface area contributed by atoms with Gasteiger partial charge in [-0.15, -0.1) is 11.8 Å². The summed E-state index contributed by atoms with van der Waals surface area (Å²) >= 11 is 1.58. The summed E-state index contributed by atoms with van der Waals surface area (Å²) in [5, 5.41) is 11.2. The van der Waals surface area contributed by atoms with Crippen LogP contribution in [0.25, 0.3) is 0 Å². The van der Waals surface area contributed by atoms with Crippen molar-refractivity contribution in [2.24, 2.45) is 5.92 Å². The lowest BCUT2D eigenvalue weighted by Crippen LogP contribution is -2.42. The highest BCUT2D eigenvalue weighted by atomic mass is 32.2. The molecule has 2 amide bonds. The lowest BCUT2D eigenvalue weighted by atomic mass is 10.1. The van der Waals surface area contributed by atoms with Crippen LogP contribution in [0.1, 0.15) is 13.3 Å². The van der Waals surface area contributed by atoms with Crippen LogP contribution in [-0.4, -0.2) is 41.7 Å². The normalized spacial score (nSPS) is 19.1. The molecule has 118 valence electrons. The van der Waals surface area contributed by atoms with Gasteiger partial charge < -0.3 is 15.3 Å². The zero-order valence-corrected chi connectivity index (χ0v) is 13.2. The van der Waals surface area contributed by atoms with Crippen molar-refractivity contribution in [1.29, 1.82) is 0 Å². The largest absolute Gasteiger partial charge is 0.480 e. The first kappa shape index (κ1) is 16.4. The number of hydrogen-bond acceptors (Lipinski definition) is 4. The second-order valence-electron chi connectivity index (χ2n) is 5.18. The quantitative estimate of drug-likeness (QED) is 0.799. The van der Waals surface area contributed by atoms with Crippen molar-refractivity contribution in [2.75, 3.05) is 17.7 Å². The van der Waals surface area contributed by atoms with Gasteiger partial charge in [0.2, 0.25) is 11.8 Å². The molecular weight excluding hydrogens is 304 g/mol. The predicted octanol–water partition coefficient (Wildman–Crippen LogP) is 1.35. The number of hydrogen-bond donors (Lipinski definition) is 2. The number of carbonyl (C=O) groups is 3. The maximum atomic E-state index is 12.1. The Balaban J connectivity index is 2.07. The first-order valence-corrected chi connectivity index (χ1v) is 8.12. The Morgan fingerprint density at radius 1 is 1.45 bits per heavy atom. The van der Waals surface area contributed by atoms with Crippen LogP contribution in [0.3, 0.4) is 0 Å². The molecule has 0 bridgehead atoms. The number of anilines is 1. The molecule has 1 fully saturated rings. The van der Waals surface area contributed by atoms with E-state index in [9.17, 15) is 14.4 Å². The van der Waals surface area contributed by atoms with E-state index in [-0.39, 0.29) is 18.9 Å². The lowest BCUT2D eigenvalue weighted by Gasteiger charge is -2.18. The van der Waals surface area contributed by atoms with E-state index >= 15 is 0 Å². The summed E-state index contributed by atoms with van der Waals surface area (Å²) in [6.07, 6.45) is 2.05. The molecule has 6 nitrogen and oxygen atoms in total. The molecule has 1 aliphatic rings. The third-order valence-corrected chi connectivity index (χ3v) is 4.32. The number of rotatable bonds is 5. The van der Waals surface area contributed by atoms with E-state index in [4.69, 9.17) is 5.11 Å². The summed E-state index contributed by atoms with van der Waals surface area (Å²) < 4.78 is 0. The van der Waals surface area contributed by atoms with Crippen LogP contribution in [-0.2, 0) is 14.4 Å². The van der Waals surface area contributed by atoms with E-state index in [0.717, 1.165) is 10.6 Å². The van der Waals surface area contributed by atoms with Crippen molar-refractivity contribution in [3.63, 3.8) is 0 Å². The number of benzene rings is 1. The molecule has 1 saturated heterocycles. The van der Waals surface area contributed by atoms with Crippen LogP contribution >= 0.6 is 11.8 Å². The molecule has 1 aromatic carbocycles. The molecular formula is C15H18N2O4S. The Kier molecular flexibility index (Phi) is 5.07. The van der Waals surface area contributed by atoms with Gasteiger partial charge in [-0.3, -0.25) is 14.4 Å². The van der Waals surface area contributed by atoms with Crippen LogP contribution in [0.2, 0.25) is 0 Å². The molecule has 0 spiro atoms. The van der Waals surface area contributed by atoms with Crippen molar-refractivity contribution < 1.29 is 19.5 Å². The summed E-state index contributed by atoms with van der Waals surface area (Å²) in [6, 6.07) is 6.60. The maximum Gasteiger partial charge on any atom is 0.325 e. The molecule has 7 heteroatoms. The monoisotopic (exact) mass is 322 g/mol. The van der Waals surface area contributed by atoms with E-state index in [1.807, 2.05) is 30.5 Å². The van der Waals surface area contributed by atoms with Crippen LogP contribution in [0, 0.1) is 5.92 Å². The molecule has 2 atom stereocenters. The fraction of sp³-hybridized carbons (Fsp3) is 0.400. The van der Waals surface area contributed by atoms with Crippen molar-refractivity contribution >= 4 is 35.2 Å². The SMILES string of the molecule is CSc1cccc(N2CC(C(=O)NC(C)C(=O)O)CC2=O)c1. The number of carboxylic acids is 1. The third kappa shape index (κ3) is 3.59. The first-order valence-electron chi connectivity index (χ1n) is 6.90. The maximum absolute atomic E-state index is 12.1. The van der Waals surface area contributed by atoms with Gasteiger partial charge in [-0.25, -0.2) is 0 Å². The molecule has 2 rings (SSSR count). The molecule has 2 N–H and O–H groups in total. The highest BCUT2D eigenvalue weighted by Crippen LogP contribution is 2.28. The second-order valence-corrected chi connectivity index (χ2v) is 6.06. The van der Waals surface area contributed by atoms with Crippen molar-refractivity contribution in [3.8, 4) is 0 Å². The van der Waals surface area contributed by atoms with Gasteiger partial charge in [-0.2, -0.15) is 0 Å². The number of carbonyl (C=O) groups excluding carboxylic acids is 2. The molecule has 0 radical (unpaired) electrons. The summed E-state index contributed by atoms with van der Waals surface area (Å²) in [7, 11) is 0. The Bertz CT molecular complexity index is 605. The Morgan fingerprint density at radius 2 is 2.18 bits per heavy atom. The van der Waals surface area contributed by atoms with Gasteiger partial charge in [0.1, 0.15) is 6.04 Å². The van der Waals surface area contributed by atoms with Crippen LogP contribution < -0.4 is 10.2 Å². The Hall–Kier alpha value is -2.02. The molecule has 2 unspecified atom stereocenters. The van der Waals surface area contributed by atoms with Gasteiger partial charge in [0, 0.05) is 23.5 Å². The van der Waals surface area contributed by atoms with E-state index in [2.05, 4.69) is 5.32 Å². The Morgan fingerprint density at radius 3 is 2.82 bits per heavy atom. The number of nitrogens with zero attached hydrogens (tertiary/aromatic N) is 1. The number of thioether (sulfide) groups is 1. The summed E-state index contributed by atoms with van der Waals surface area (Å²) in [5.74, 6) is -2.14. The topological polar surface area (TPSA) is 86.7 Å². The minimum absolute atomic E-state index is 0.0989. The van der Waals surface area contributed by atoms with Gasteiger partial charge in [-0.1, -0.05) is 6.07 Å². The lowest BCUT2D eigenvalue weighted by molar-refractivity contribution is -0.141. The van der Waals surface area contributed by atoms with Crippen molar-refractivity contribution in [2.45, 2.75) is 24.3 Å². The smallest absolute Gasteiger partial charge is 0.325 e. The molecule has 22 heavy (non-hydrogen) atoms. The average Bonchev–Trinajstić information content (AvgIpc) is 2.89. The zero-order valence-electron chi connectivity index (χ0n) is 12.4. The average molecular weight is 322 g/mol. The van der Waals surface area contributed by atoms with E-state index in [1.165, 1.54) is 6.92 Å². The van der Waals surface area contributed by atoms with Crippen molar-refractivity contribution in [1.82, 2.24) is 5.32 Å². The fourth-order valence-corrected chi connectivity index (χ4v) is 2.76. The van der Waals surface area contributed by atoms with Gasteiger partial charge in [0.15, 0.2) is 0 Å². The standard InChI is InChI=1S/C15H18N2O4S/c1-9(15(20)21)16-14(19)10-6-13(18)17(8-10)11-4-3-5-12(7-11)22-2/h3-5,7,9-10H,6,8H2,1-2H3,(H,16,19)(H,20,21). The summed E-state index contributed by atoms with van der Waals surface area (Å²) in [4.78, 5) is 37.6. The van der Waals surface area contributed by atoms with Gasteiger partial charge in [0.25, 0.3) is 0 Å². The summed E-state index contributed by atoms with van der Waals surface area (Å²) in [5.41, 5.74) is 0.762. The molecule has 1 aliphatic heterocycles. The van der Waals surface area contributed by atoms with E-state index in [1.54, 1.807) is 16.7 Å². The van der Waals surface area contributed by atoms with Crippen LogP contribution in [0.5, 0.6) is 0 Å². The molecule has 0 aliphatic carbocycles. The van der Waals surface area contributed by atoms with Gasteiger partial charge in [0.05, 0.1) is 5.92 Å². The van der Waals surface area contributed by atoms with E-state index < -0.39 is 23.8 Å². The number of aliphatic carboxylic acids is 1. The number of amides is 2. The fourth-order valence-electron chi connectivity index (χ4n) is 2.30. The number of nitrogens with one attached hydrogen (secondary N) is 1. The van der Waals surface area contributed by atoms with E-state index in [0.29, 0.717) is 0 Å². The molecule has 1 heterocycles. The van der Waals surface area contributed by atoms with Crippen molar-refractivity contribution in [3.05, 3.63) is 24.3 Å². The minimum atomic E-state index is -1.10. The van der Waals surface area contributed by atoms with Gasteiger partial charge >= 0.3 is 5.97 Å². The highest BCUT2D eigenvalue weighted by Gasteiger charge is 2.36. The first-order chi connectivity index (χ1) is 10.4. The molecule has 1 aromatic rings. The highest BCUT2D eigenvalue weighted by molar-refractivity contribution is 7.98. The second kappa shape index (κ2) is 6.83. The third-order valence-electron chi connectivity index (χ3n) is 3.59. The van der Waals surface area contributed by atoms with Crippen LogP contribution in [0.4, 0.5) is 5.69 Å². The Labute approximate surface area is 132 Å².